The lowest BCUT2D eigenvalue weighted by Gasteiger charge is -2.13. The summed E-state index contributed by atoms with van der Waals surface area (Å²) in [4.78, 5) is 11.6. The number of ether oxygens (including phenoxy) is 2. The number of carbonyl (C=O) groups excluding carboxylic acids is 1. The lowest BCUT2D eigenvalue weighted by molar-refractivity contribution is -0.123. The van der Waals surface area contributed by atoms with Crippen molar-refractivity contribution < 1.29 is 18.7 Å². The third kappa shape index (κ3) is 7.06. The summed E-state index contributed by atoms with van der Waals surface area (Å²) < 4.78 is 23.6. The Hall–Kier alpha value is -1.66. The van der Waals surface area contributed by atoms with E-state index in [1.165, 1.54) is 18.2 Å². The summed E-state index contributed by atoms with van der Waals surface area (Å²) in [6.45, 7) is 2.85. The molecule has 0 aliphatic carbocycles. The zero-order valence-corrected chi connectivity index (χ0v) is 12.5. The molecular formula is C15H23FN2O3. The van der Waals surface area contributed by atoms with Gasteiger partial charge in [0.25, 0.3) is 5.91 Å². The molecule has 1 amide bonds. The molecule has 0 saturated heterocycles. The molecule has 1 aromatic carbocycles. The van der Waals surface area contributed by atoms with Crippen LogP contribution in [0, 0.1) is 5.82 Å². The number of hydrogen-bond donors (Lipinski definition) is 2. The number of benzene rings is 1. The van der Waals surface area contributed by atoms with Crippen LogP contribution in [-0.4, -0.2) is 38.8 Å². The molecule has 0 fully saturated rings. The number of carbonyl (C=O) groups is 1. The molecule has 118 valence electrons. The highest BCUT2D eigenvalue weighted by atomic mass is 19.1. The van der Waals surface area contributed by atoms with E-state index in [0.29, 0.717) is 30.9 Å². The van der Waals surface area contributed by atoms with E-state index in [2.05, 4.69) is 5.32 Å². The number of amides is 1. The summed E-state index contributed by atoms with van der Waals surface area (Å²) in [5, 5.41) is 2.72. The Morgan fingerprint density at radius 3 is 2.90 bits per heavy atom. The van der Waals surface area contributed by atoms with E-state index in [-0.39, 0.29) is 24.4 Å². The van der Waals surface area contributed by atoms with Crippen LogP contribution in [0.5, 0.6) is 5.75 Å². The number of hydrogen-bond acceptors (Lipinski definition) is 4. The smallest absolute Gasteiger partial charge is 0.257 e. The maximum absolute atomic E-state index is 13.2. The van der Waals surface area contributed by atoms with Crippen molar-refractivity contribution in [2.75, 3.05) is 26.9 Å². The van der Waals surface area contributed by atoms with Crippen LogP contribution in [0.1, 0.15) is 18.9 Å². The first-order chi connectivity index (χ1) is 10.0. The number of methoxy groups -OCH3 is 1. The summed E-state index contributed by atoms with van der Waals surface area (Å²) in [6, 6.07) is 4.09. The van der Waals surface area contributed by atoms with Crippen molar-refractivity contribution >= 4 is 5.91 Å². The second-order valence-electron chi connectivity index (χ2n) is 4.92. The zero-order valence-electron chi connectivity index (χ0n) is 12.5. The van der Waals surface area contributed by atoms with E-state index in [9.17, 15) is 9.18 Å². The predicted molar refractivity (Wildman–Crippen MR) is 78.8 cm³/mol. The summed E-state index contributed by atoms with van der Waals surface area (Å²) in [7, 11) is 1.61. The van der Waals surface area contributed by atoms with Crippen molar-refractivity contribution in [1.29, 1.82) is 0 Å². The van der Waals surface area contributed by atoms with Crippen LogP contribution >= 0.6 is 0 Å². The van der Waals surface area contributed by atoms with Gasteiger partial charge in [0.2, 0.25) is 0 Å². The van der Waals surface area contributed by atoms with Crippen molar-refractivity contribution in [3.8, 4) is 5.75 Å². The van der Waals surface area contributed by atoms with Crippen LogP contribution in [0.2, 0.25) is 0 Å². The average Bonchev–Trinajstić information content (AvgIpc) is 2.42. The van der Waals surface area contributed by atoms with Gasteiger partial charge in [0, 0.05) is 26.3 Å². The molecule has 0 spiro atoms. The Bertz CT molecular complexity index is 453. The summed E-state index contributed by atoms with van der Waals surface area (Å²) in [6.07, 6.45) is 1.23. The first-order valence-electron chi connectivity index (χ1n) is 6.95. The monoisotopic (exact) mass is 298 g/mol. The Morgan fingerprint density at radius 1 is 1.48 bits per heavy atom. The predicted octanol–water partition coefficient (Wildman–Crippen LogP) is 1.25. The van der Waals surface area contributed by atoms with Crippen LogP contribution in [0.4, 0.5) is 4.39 Å². The quantitative estimate of drug-likeness (QED) is 0.673. The first-order valence-corrected chi connectivity index (χ1v) is 6.95. The summed E-state index contributed by atoms with van der Waals surface area (Å²) in [5.41, 5.74) is 6.39. The van der Waals surface area contributed by atoms with E-state index in [4.69, 9.17) is 15.2 Å². The molecule has 0 saturated carbocycles. The van der Waals surface area contributed by atoms with E-state index >= 15 is 0 Å². The third-order valence-corrected chi connectivity index (χ3v) is 2.77. The van der Waals surface area contributed by atoms with E-state index in [0.717, 1.165) is 6.42 Å². The topological polar surface area (TPSA) is 73.6 Å². The maximum atomic E-state index is 13.2. The van der Waals surface area contributed by atoms with Gasteiger partial charge in [0.05, 0.1) is 0 Å². The SMILES string of the molecule is COCCCNC(=O)COc1ccc(F)cc1CC(C)N. The molecule has 1 aromatic rings. The molecule has 5 nitrogen and oxygen atoms in total. The molecule has 0 aliphatic heterocycles. The van der Waals surface area contributed by atoms with Gasteiger partial charge in [-0.15, -0.1) is 0 Å². The maximum Gasteiger partial charge on any atom is 0.257 e. The minimum atomic E-state index is -0.345. The molecule has 0 aliphatic rings. The average molecular weight is 298 g/mol. The van der Waals surface area contributed by atoms with Crippen LogP contribution in [-0.2, 0) is 16.0 Å². The Balaban J connectivity index is 2.48. The molecular weight excluding hydrogens is 275 g/mol. The number of halogens is 1. The Kier molecular flexibility index (Phi) is 7.71. The van der Waals surface area contributed by atoms with Gasteiger partial charge in [-0.25, -0.2) is 4.39 Å². The van der Waals surface area contributed by atoms with Crippen molar-refractivity contribution in [3.63, 3.8) is 0 Å². The second kappa shape index (κ2) is 9.31. The van der Waals surface area contributed by atoms with Crippen molar-refractivity contribution in [2.45, 2.75) is 25.8 Å². The highest BCUT2D eigenvalue weighted by molar-refractivity contribution is 5.77. The van der Waals surface area contributed by atoms with Crippen LogP contribution in [0.25, 0.3) is 0 Å². The molecule has 0 heterocycles. The number of nitrogens with one attached hydrogen (secondary N) is 1. The zero-order chi connectivity index (χ0) is 15.7. The van der Waals surface area contributed by atoms with Crippen molar-refractivity contribution in [3.05, 3.63) is 29.6 Å². The summed E-state index contributed by atoms with van der Waals surface area (Å²) >= 11 is 0. The largest absolute Gasteiger partial charge is 0.483 e. The van der Waals surface area contributed by atoms with Crippen LogP contribution in [0.3, 0.4) is 0 Å². The number of nitrogens with two attached hydrogens (primary N) is 1. The fraction of sp³-hybridized carbons (Fsp3) is 0.533. The number of rotatable bonds is 9. The van der Waals surface area contributed by atoms with Gasteiger partial charge >= 0.3 is 0 Å². The van der Waals surface area contributed by atoms with Gasteiger partial charge in [-0.1, -0.05) is 0 Å². The second-order valence-corrected chi connectivity index (χ2v) is 4.92. The van der Waals surface area contributed by atoms with Gasteiger partial charge in [0.1, 0.15) is 11.6 Å². The van der Waals surface area contributed by atoms with Gasteiger partial charge in [-0.2, -0.15) is 0 Å². The van der Waals surface area contributed by atoms with E-state index in [1.54, 1.807) is 7.11 Å². The first kappa shape index (κ1) is 17.4. The highest BCUT2D eigenvalue weighted by Gasteiger charge is 2.10. The van der Waals surface area contributed by atoms with Crippen LogP contribution in [0.15, 0.2) is 18.2 Å². The van der Waals surface area contributed by atoms with Gasteiger partial charge in [0.15, 0.2) is 6.61 Å². The molecule has 6 heteroatoms. The lowest BCUT2D eigenvalue weighted by atomic mass is 10.1. The Labute approximate surface area is 124 Å². The van der Waals surface area contributed by atoms with Crippen LogP contribution < -0.4 is 15.8 Å². The van der Waals surface area contributed by atoms with Crippen molar-refractivity contribution in [1.82, 2.24) is 5.32 Å². The molecule has 0 bridgehead atoms. The molecule has 1 atom stereocenters. The Morgan fingerprint density at radius 2 is 2.24 bits per heavy atom. The summed E-state index contributed by atoms with van der Waals surface area (Å²) in [5.74, 6) is -0.0788. The third-order valence-electron chi connectivity index (χ3n) is 2.77. The van der Waals surface area contributed by atoms with Crippen molar-refractivity contribution in [2.24, 2.45) is 5.73 Å². The van der Waals surface area contributed by atoms with E-state index in [1.807, 2.05) is 6.92 Å². The molecule has 0 aromatic heterocycles. The fourth-order valence-electron chi connectivity index (χ4n) is 1.83. The van der Waals surface area contributed by atoms with Gasteiger partial charge in [-0.3, -0.25) is 4.79 Å². The fourth-order valence-corrected chi connectivity index (χ4v) is 1.83. The lowest BCUT2D eigenvalue weighted by Crippen LogP contribution is -2.30. The molecule has 0 radical (unpaired) electrons. The highest BCUT2D eigenvalue weighted by Crippen LogP contribution is 2.21. The molecule has 21 heavy (non-hydrogen) atoms. The van der Waals surface area contributed by atoms with Gasteiger partial charge < -0.3 is 20.5 Å². The minimum Gasteiger partial charge on any atom is -0.483 e. The molecule has 1 rings (SSSR count). The van der Waals surface area contributed by atoms with E-state index < -0.39 is 0 Å². The molecule has 3 N–H and O–H groups in total. The molecule has 1 unspecified atom stereocenters. The minimum absolute atomic E-state index is 0.107. The van der Waals surface area contributed by atoms with Gasteiger partial charge in [-0.05, 0) is 43.5 Å². The normalized spacial score (nSPS) is 12.0. The standard InChI is InChI=1S/C15H23FN2O3/c1-11(17)8-12-9-13(16)4-5-14(12)21-10-15(19)18-6-3-7-20-2/h4-5,9,11H,3,6-8,10,17H2,1-2H3,(H,18,19).